The van der Waals surface area contributed by atoms with Gasteiger partial charge >= 0.3 is 0 Å². The molecule has 172 valence electrons. The zero-order valence-electron chi connectivity index (χ0n) is 18.9. The number of carbonyl (C=O) groups is 2. The summed E-state index contributed by atoms with van der Waals surface area (Å²) >= 11 is 1.64. The molecular formula is C25H38N2O3S. The second-order valence-electron chi connectivity index (χ2n) is 7.56. The number of thioether (sulfide) groups is 1. The lowest BCUT2D eigenvalue weighted by Gasteiger charge is -2.15. The summed E-state index contributed by atoms with van der Waals surface area (Å²) in [6.45, 7) is 2.20. The average molecular weight is 447 g/mol. The van der Waals surface area contributed by atoms with Crippen molar-refractivity contribution in [1.29, 1.82) is 0 Å². The largest absolute Gasteiger partial charge is 0.354 e. The van der Waals surface area contributed by atoms with Crippen LogP contribution in [0.4, 0.5) is 0 Å². The predicted octanol–water partition coefficient (Wildman–Crippen LogP) is 5.29. The highest BCUT2D eigenvalue weighted by Crippen LogP contribution is 2.12. The Morgan fingerprint density at radius 3 is 2.23 bits per heavy atom. The second-order valence-corrected chi connectivity index (χ2v) is 8.66. The molecule has 1 aromatic rings. The van der Waals surface area contributed by atoms with Crippen molar-refractivity contribution in [3.63, 3.8) is 0 Å². The highest BCUT2D eigenvalue weighted by atomic mass is 32.2. The van der Waals surface area contributed by atoms with Crippen LogP contribution < -0.4 is 5.32 Å². The minimum Gasteiger partial charge on any atom is -0.354 e. The molecule has 0 radical (unpaired) electrons. The number of nitrogens with one attached hydrogen (secondary N) is 1. The third-order valence-electron chi connectivity index (χ3n) is 4.90. The molecule has 0 aliphatic heterocycles. The summed E-state index contributed by atoms with van der Waals surface area (Å²) in [6, 6.07) is 8.59. The van der Waals surface area contributed by atoms with Crippen LogP contribution in [-0.4, -0.2) is 46.7 Å². The molecule has 6 heteroatoms. The van der Waals surface area contributed by atoms with Gasteiger partial charge in [0.05, 0.1) is 12.3 Å². The van der Waals surface area contributed by atoms with E-state index in [1.54, 1.807) is 36.0 Å². The highest BCUT2D eigenvalue weighted by Gasteiger charge is 2.13. The van der Waals surface area contributed by atoms with E-state index in [-0.39, 0.29) is 19.0 Å². The van der Waals surface area contributed by atoms with E-state index in [0.717, 1.165) is 18.6 Å². The Kier molecular flexibility index (Phi) is 16.4. The maximum absolute atomic E-state index is 12.0. The lowest BCUT2D eigenvalue weighted by Crippen LogP contribution is -2.37. The van der Waals surface area contributed by atoms with Crippen LogP contribution in [0, 0.1) is 11.8 Å². The first-order valence-corrected chi connectivity index (χ1v) is 12.6. The Morgan fingerprint density at radius 1 is 0.968 bits per heavy atom. The molecule has 31 heavy (non-hydrogen) atoms. The minimum atomic E-state index is -0.467. The number of hydroxylamine groups is 2. The molecule has 0 atom stereocenters. The normalized spacial score (nSPS) is 10.3. The van der Waals surface area contributed by atoms with Crippen LogP contribution in [-0.2, 0) is 4.79 Å². The first-order valence-electron chi connectivity index (χ1n) is 11.4. The van der Waals surface area contributed by atoms with Crippen molar-refractivity contribution in [1.82, 2.24) is 10.4 Å². The Labute approximate surface area is 192 Å². The smallest absolute Gasteiger partial charge is 0.277 e. The topological polar surface area (TPSA) is 69.6 Å². The van der Waals surface area contributed by atoms with Gasteiger partial charge in [-0.3, -0.25) is 14.8 Å². The first kappa shape index (κ1) is 27.1. The highest BCUT2D eigenvalue weighted by molar-refractivity contribution is 7.99. The molecule has 0 fully saturated rings. The molecule has 2 amide bonds. The van der Waals surface area contributed by atoms with E-state index >= 15 is 0 Å². The molecule has 0 bridgehead atoms. The van der Waals surface area contributed by atoms with Gasteiger partial charge in [0, 0.05) is 18.5 Å². The van der Waals surface area contributed by atoms with Crippen LogP contribution in [0.3, 0.4) is 0 Å². The molecule has 0 saturated carbocycles. The van der Waals surface area contributed by atoms with Gasteiger partial charge in [-0.1, -0.05) is 63.1 Å². The standard InChI is InChI=1S/C25H38N2O3S/c1-2-3-4-5-6-7-8-9-10-11-12-16-21-31-22-24(28)26-19-20-27(30)25(29)23-17-14-13-15-18-23/h13-15,17-18,30H,4-12,16,19-22H2,1H3,(H,26,28). The quantitative estimate of drug-likeness (QED) is 0.148. The van der Waals surface area contributed by atoms with Crippen molar-refractivity contribution >= 4 is 23.6 Å². The van der Waals surface area contributed by atoms with E-state index in [4.69, 9.17) is 0 Å². The van der Waals surface area contributed by atoms with Crippen LogP contribution in [0.5, 0.6) is 0 Å². The molecule has 1 aromatic carbocycles. The van der Waals surface area contributed by atoms with Crippen LogP contribution >= 0.6 is 11.8 Å². The zero-order chi connectivity index (χ0) is 22.6. The molecule has 0 unspecified atom stereocenters. The maximum atomic E-state index is 12.0. The molecule has 2 N–H and O–H groups in total. The summed E-state index contributed by atoms with van der Waals surface area (Å²) in [5, 5.41) is 13.2. The monoisotopic (exact) mass is 446 g/mol. The number of amides is 2. The van der Waals surface area contributed by atoms with Crippen LogP contribution in [0.25, 0.3) is 0 Å². The van der Waals surface area contributed by atoms with Gasteiger partial charge in [-0.15, -0.1) is 11.8 Å². The Hall–Kier alpha value is -1.97. The van der Waals surface area contributed by atoms with E-state index in [9.17, 15) is 14.8 Å². The van der Waals surface area contributed by atoms with Crippen molar-refractivity contribution in [3.05, 3.63) is 35.9 Å². The van der Waals surface area contributed by atoms with Gasteiger partial charge < -0.3 is 5.32 Å². The summed E-state index contributed by atoms with van der Waals surface area (Å²) < 4.78 is 0. The molecule has 0 saturated heterocycles. The summed E-state index contributed by atoms with van der Waals surface area (Å²) in [5.74, 6) is 6.93. The number of carbonyl (C=O) groups excluding carboxylic acids is 2. The summed E-state index contributed by atoms with van der Waals surface area (Å²) in [6.07, 6.45) is 12.5. The third-order valence-corrected chi connectivity index (χ3v) is 5.94. The van der Waals surface area contributed by atoms with Gasteiger partial charge in [0.1, 0.15) is 0 Å². The van der Waals surface area contributed by atoms with Gasteiger partial charge in [-0.2, -0.15) is 11.8 Å². The molecule has 5 nitrogen and oxygen atoms in total. The number of rotatable bonds is 17. The zero-order valence-corrected chi connectivity index (χ0v) is 19.7. The SMILES string of the molecule is CC#CCCCCCCCCCCCSCC(=O)NCCN(O)C(=O)c1ccccc1. The molecule has 0 aliphatic carbocycles. The fourth-order valence-electron chi connectivity index (χ4n) is 3.13. The first-order chi connectivity index (χ1) is 15.1. The molecule has 0 aliphatic rings. The van der Waals surface area contributed by atoms with Crippen LogP contribution in [0.1, 0.15) is 81.5 Å². The molecule has 1 rings (SSSR count). The van der Waals surface area contributed by atoms with Crippen LogP contribution in [0.15, 0.2) is 30.3 Å². The van der Waals surface area contributed by atoms with Crippen molar-refractivity contribution in [2.75, 3.05) is 24.6 Å². The number of unbranched alkanes of at least 4 members (excludes halogenated alkanes) is 9. The van der Waals surface area contributed by atoms with E-state index in [2.05, 4.69) is 17.2 Å². The summed E-state index contributed by atoms with van der Waals surface area (Å²) in [7, 11) is 0. The molecule has 0 spiro atoms. The Balaban J connectivity index is 1.89. The second kappa shape index (κ2) is 18.8. The molecule has 0 heterocycles. The number of benzene rings is 1. The number of hydrogen-bond acceptors (Lipinski definition) is 4. The van der Waals surface area contributed by atoms with Crippen molar-refractivity contribution in [2.45, 2.75) is 71.1 Å². The van der Waals surface area contributed by atoms with Gasteiger partial charge in [0.15, 0.2) is 0 Å². The van der Waals surface area contributed by atoms with Gasteiger partial charge in [-0.05, 0) is 37.7 Å². The summed E-state index contributed by atoms with van der Waals surface area (Å²) in [5.41, 5.74) is 0.421. The van der Waals surface area contributed by atoms with E-state index < -0.39 is 5.91 Å². The van der Waals surface area contributed by atoms with Gasteiger partial charge in [0.25, 0.3) is 5.91 Å². The minimum absolute atomic E-state index is 0.0597. The summed E-state index contributed by atoms with van der Waals surface area (Å²) in [4.78, 5) is 23.9. The molecule has 0 aromatic heterocycles. The fraction of sp³-hybridized carbons (Fsp3) is 0.600. The van der Waals surface area contributed by atoms with Gasteiger partial charge in [0.2, 0.25) is 5.91 Å². The Bertz CT molecular complexity index is 670. The fourth-order valence-corrected chi connectivity index (χ4v) is 3.97. The van der Waals surface area contributed by atoms with Gasteiger partial charge in [-0.25, -0.2) is 5.06 Å². The van der Waals surface area contributed by atoms with Crippen molar-refractivity contribution in [3.8, 4) is 11.8 Å². The number of hydrogen-bond donors (Lipinski definition) is 2. The molecular weight excluding hydrogens is 408 g/mol. The lowest BCUT2D eigenvalue weighted by atomic mass is 10.1. The Morgan fingerprint density at radius 2 is 1.58 bits per heavy atom. The predicted molar refractivity (Wildman–Crippen MR) is 129 cm³/mol. The van der Waals surface area contributed by atoms with Crippen molar-refractivity contribution in [2.24, 2.45) is 0 Å². The lowest BCUT2D eigenvalue weighted by molar-refractivity contribution is -0.119. The van der Waals surface area contributed by atoms with E-state index in [0.29, 0.717) is 16.4 Å². The van der Waals surface area contributed by atoms with E-state index in [1.807, 2.05) is 13.0 Å². The van der Waals surface area contributed by atoms with Crippen molar-refractivity contribution < 1.29 is 14.8 Å². The maximum Gasteiger partial charge on any atom is 0.277 e. The van der Waals surface area contributed by atoms with Crippen LogP contribution in [0.2, 0.25) is 0 Å². The number of nitrogens with zero attached hydrogens (tertiary/aromatic N) is 1. The average Bonchev–Trinajstić information content (AvgIpc) is 2.79. The third kappa shape index (κ3) is 14.6. The van der Waals surface area contributed by atoms with E-state index in [1.165, 1.54) is 51.4 Å².